The van der Waals surface area contributed by atoms with Crippen molar-refractivity contribution in [2.75, 3.05) is 6.54 Å². The standard InChI is InChI=1S/C14H28.C2H7N/c1-2-3-4-5-8-11-14-12-9-6-7-10-13-14;1-2-3/h14H,2-13H2,1H3;2-3H2,1H3. The largest absolute Gasteiger partial charge is 0.331 e. The lowest BCUT2D eigenvalue weighted by molar-refractivity contribution is 0.405. The predicted octanol–water partition coefficient (Wildman–Crippen LogP) is 5.28. The van der Waals surface area contributed by atoms with Crippen LogP contribution in [0.4, 0.5) is 0 Å². The number of nitrogens with two attached hydrogens (primary N) is 1. The van der Waals surface area contributed by atoms with Crippen LogP contribution in [0.15, 0.2) is 0 Å². The van der Waals surface area contributed by atoms with Gasteiger partial charge in [0.1, 0.15) is 0 Å². The molecular formula is C16H35N. The van der Waals surface area contributed by atoms with E-state index in [0.717, 1.165) is 12.5 Å². The van der Waals surface area contributed by atoms with E-state index in [1.54, 1.807) is 0 Å². The molecule has 17 heavy (non-hydrogen) atoms. The summed E-state index contributed by atoms with van der Waals surface area (Å²) in [6.45, 7) is 4.95. The monoisotopic (exact) mass is 241 g/mol. The van der Waals surface area contributed by atoms with Gasteiger partial charge in [0.25, 0.3) is 0 Å². The smallest absolute Gasteiger partial charge is 0.0106 e. The molecule has 0 saturated heterocycles. The number of unbranched alkanes of at least 4 members (excludes halogenated alkanes) is 4. The van der Waals surface area contributed by atoms with Crippen LogP contribution in [0.5, 0.6) is 0 Å². The maximum Gasteiger partial charge on any atom is -0.0106 e. The molecule has 0 spiro atoms. The molecule has 0 aromatic heterocycles. The van der Waals surface area contributed by atoms with E-state index in [1.165, 1.54) is 77.0 Å². The molecular weight excluding hydrogens is 206 g/mol. The Morgan fingerprint density at radius 3 is 1.88 bits per heavy atom. The van der Waals surface area contributed by atoms with Crippen molar-refractivity contribution in [2.24, 2.45) is 11.7 Å². The van der Waals surface area contributed by atoms with Crippen molar-refractivity contribution in [3.63, 3.8) is 0 Å². The minimum absolute atomic E-state index is 0.750. The molecule has 1 fully saturated rings. The van der Waals surface area contributed by atoms with E-state index in [0.29, 0.717) is 0 Å². The lowest BCUT2D eigenvalue weighted by Crippen LogP contribution is -1.98. The highest BCUT2D eigenvalue weighted by molar-refractivity contribution is 4.64. The molecule has 0 heterocycles. The Morgan fingerprint density at radius 2 is 1.35 bits per heavy atom. The third-order valence-corrected chi connectivity index (χ3v) is 3.69. The maximum absolute atomic E-state index is 4.85. The van der Waals surface area contributed by atoms with Crippen molar-refractivity contribution in [3.8, 4) is 0 Å². The van der Waals surface area contributed by atoms with Crippen molar-refractivity contribution in [3.05, 3.63) is 0 Å². The summed E-state index contributed by atoms with van der Waals surface area (Å²) in [6.07, 6.45) is 17.9. The lowest BCUT2D eigenvalue weighted by Gasteiger charge is -2.13. The summed E-state index contributed by atoms with van der Waals surface area (Å²) in [6, 6.07) is 0. The van der Waals surface area contributed by atoms with Gasteiger partial charge in [0.05, 0.1) is 0 Å². The minimum atomic E-state index is 0.750. The summed E-state index contributed by atoms with van der Waals surface area (Å²) in [5.74, 6) is 1.10. The summed E-state index contributed by atoms with van der Waals surface area (Å²) in [4.78, 5) is 0. The van der Waals surface area contributed by atoms with E-state index < -0.39 is 0 Å². The van der Waals surface area contributed by atoms with Gasteiger partial charge >= 0.3 is 0 Å². The van der Waals surface area contributed by atoms with Gasteiger partial charge in [0.15, 0.2) is 0 Å². The van der Waals surface area contributed by atoms with Crippen LogP contribution in [0.1, 0.15) is 90.9 Å². The molecule has 0 bridgehead atoms. The fraction of sp³-hybridized carbons (Fsp3) is 1.00. The van der Waals surface area contributed by atoms with Gasteiger partial charge in [-0.15, -0.1) is 0 Å². The maximum atomic E-state index is 4.85. The fourth-order valence-corrected chi connectivity index (χ4v) is 2.69. The van der Waals surface area contributed by atoms with Crippen molar-refractivity contribution in [1.29, 1.82) is 0 Å². The molecule has 1 rings (SSSR count). The van der Waals surface area contributed by atoms with Crippen molar-refractivity contribution in [2.45, 2.75) is 90.9 Å². The van der Waals surface area contributed by atoms with E-state index in [1.807, 2.05) is 6.92 Å². The zero-order valence-electron chi connectivity index (χ0n) is 12.3. The molecule has 0 aliphatic heterocycles. The van der Waals surface area contributed by atoms with Crippen LogP contribution >= 0.6 is 0 Å². The lowest BCUT2D eigenvalue weighted by atomic mass is 9.93. The summed E-state index contributed by atoms with van der Waals surface area (Å²) in [5.41, 5.74) is 4.85. The molecule has 104 valence electrons. The van der Waals surface area contributed by atoms with Crippen LogP contribution in [-0.4, -0.2) is 6.54 Å². The molecule has 1 heteroatoms. The van der Waals surface area contributed by atoms with Crippen LogP contribution in [0.25, 0.3) is 0 Å². The van der Waals surface area contributed by atoms with Gasteiger partial charge in [-0.05, 0) is 12.5 Å². The average molecular weight is 241 g/mol. The quantitative estimate of drug-likeness (QED) is 0.497. The van der Waals surface area contributed by atoms with E-state index in [2.05, 4.69) is 6.92 Å². The summed E-state index contributed by atoms with van der Waals surface area (Å²) in [5, 5.41) is 0. The molecule has 0 aromatic carbocycles. The second kappa shape index (κ2) is 14.0. The Hall–Kier alpha value is -0.0400. The summed E-state index contributed by atoms with van der Waals surface area (Å²) >= 11 is 0. The van der Waals surface area contributed by atoms with E-state index >= 15 is 0 Å². The zero-order valence-corrected chi connectivity index (χ0v) is 12.3. The third kappa shape index (κ3) is 12.2. The Morgan fingerprint density at radius 1 is 0.824 bits per heavy atom. The topological polar surface area (TPSA) is 26.0 Å². The van der Waals surface area contributed by atoms with Gasteiger partial charge in [-0.2, -0.15) is 0 Å². The van der Waals surface area contributed by atoms with E-state index in [-0.39, 0.29) is 0 Å². The first-order chi connectivity index (χ1) is 8.35. The summed E-state index contributed by atoms with van der Waals surface area (Å²) in [7, 11) is 0. The first kappa shape index (κ1) is 17.0. The first-order valence-corrected chi connectivity index (χ1v) is 8.05. The van der Waals surface area contributed by atoms with Gasteiger partial charge in [-0.25, -0.2) is 0 Å². The Labute approximate surface area is 110 Å². The minimum Gasteiger partial charge on any atom is -0.331 e. The second-order valence-electron chi connectivity index (χ2n) is 5.47. The van der Waals surface area contributed by atoms with Gasteiger partial charge in [0.2, 0.25) is 0 Å². The van der Waals surface area contributed by atoms with Crippen LogP contribution in [0.3, 0.4) is 0 Å². The van der Waals surface area contributed by atoms with Gasteiger partial charge in [-0.3, -0.25) is 0 Å². The fourth-order valence-electron chi connectivity index (χ4n) is 2.69. The average Bonchev–Trinajstić information content (AvgIpc) is 2.58. The Balaban J connectivity index is 0.000000770. The molecule has 0 radical (unpaired) electrons. The molecule has 0 amide bonds. The highest BCUT2D eigenvalue weighted by Crippen LogP contribution is 2.27. The van der Waals surface area contributed by atoms with Gasteiger partial charge < -0.3 is 5.73 Å². The number of rotatable bonds is 6. The molecule has 0 unspecified atom stereocenters. The molecule has 1 saturated carbocycles. The first-order valence-electron chi connectivity index (χ1n) is 8.05. The predicted molar refractivity (Wildman–Crippen MR) is 79.3 cm³/mol. The van der Waals surface area contributed by atoms with Crippen LogP contribution < -0.4 is 5.73 Å². The van der Waals surface area contributed by atoms with E-state index in [4.69, 9.17) is 5.73 Å². The molecule has 1 aliphatic carbocycles. The Bertz CT molecular complexity index is 125. The van der Waals surface area contributed by atoms with Crippen LogP contribution in [0, 0.1) is 5.92 Å². The normalized spacial score (nSPS) is 17.1. The van der Waals surface area contributed by atoms with Gasteiger partial charge in [0, 0.05) is 0 Å². The second-order valence-corrected chi connectivity index (χ2v) is 5.47. The molecule has 1 nitrogen and oxygen atoms in total. The molecule has 2 N–H and O–H groups in total. The number of hydrogen-bond donors (Lipinski definition) is 1. The van der Waals surface area contributed by atoms with Crippen molar-refractivity contribution >= 4 is 0 Å². The Kier molecular flexibility index (Phi) is 14.0. The van der Waals surface area contributed by atoms with Crippen molar-refractivity contribution < 1.29 is 0 Å². The highest BCUT2D eigenvalue weighted by Gasteiger charge is 2.11. The van der Waals surface area contributed by atoms with Crippen LogP contribution in [-0.2, 0) is 0 Å². The van der Waals surface area contributed by atoms with E-state index in [9.17, 15) is 0 Å². The van der Waals surface area contributed by atoms with Crippen molar-refractivity contribution in [1.82, 2.24) is 0 Å². The van der Waals surface area contributed by atoms with Gasteiger partial charge in [-0.1, -0.05) is 90.9 Å². The molecule has 0 atom stereocenters. The molecule has 1 aliphatic rings. The molecule has 0 aromatic rings. The zero-order chi connectivity index (χ0) is 12.8. The third-order valence-electron chi connectivity index (χ3n) is 3.69. The highest BCUT2D eigenvalue weighted by atomic mass is 14.5. The number of hydrogen-bond acceptors (Lipinski definition) is 1. The van der Waals surface area contributed by atoms with Crippen LogP contribution in [0.2, 0.25) is 0 Å². The summed E-state index contributed by atoms with van der Waals surface area (Å²) < 4.78 is 0. The SMILES string of the molecule is CCCCCCCC1CCCCCC1.CCN.